The number of hydrogen-bond donors (Lipinski definition) is 2. The van der Waals surface area contributed by atoms with E-state index in [1.807, 2.05) is 0 Å². The molecule has 2 N–H and O–H groups in total. The van der Waals surface area contributed by atoms with Crippen molar-refractivity contribution in [2.45, 2.75) is 51.0 Å². The van der Waals surface area contributed by atoms with Crippen LogP contribution in [0.1, 0.15) is 44.9 Å². The zero-order valence-electron chi connectivity index (χ0n) is 10.4. The summed E-state index contributed by atoms with van der Waals surface area (Å²) < 4.78 is 0. The molecule has 3 saturated carbocycles. The van der Waals surface area contributed by atoms with E-state index >= 15 is 0 Å². The first-order valence-electron chi connectivity index (χ1n) is 7.20. The number of hydrogen-bond acceptors (Lipinski definition) is 2. The maximum absolute atomic E-state index is 11.8. The Morgan fingerprint density at radius 1 is 1.18 bits per heavy atom. The summed E-state index contributed by atoms with van der Waals surface area (Å²) >= 11 is 0. The number of carbonyl (C=O) groups excluding carboxylic acids is 1. The molecule has 3 nitrogen and oxygen atoms in total. The second kappa shape index (κ2) is 4.60. The molecule has 96 valence electrons. The molecule has 0 aliphatic heterocycles. The standard InChI is InChI=1S/C14H23NO2/c16-12-6-11(7-12)14(17)15-8-10-5-4-9-2-1-3-13(9)10/h9-13,16H,1-8H2,(H,15,17)/t9-,10+,11?,12?,13-/m0/s1. The van der Waals surface area contributed by atoms with Gasteiger partial charge in [0.2, 0.25) is 5.91 Å². The molecule has 0 aromatic carbocycles. The number of aliphatic hydroxyl groups is 1. The van der Waals surface area contributed by atoms with Crippen molar-refractivity contribution in [2.75, 3.05) is 6.54 Å². The molecule has 1 amide bonds. The van der Waals surface area contributed by atoms with Crippen molar-refractivity contribution in [2.24, 2.45) is 23.7 Å². The second-order valence-corrected chi connectivity index (χ2v) is 6.26. The van der Waals surface area contributed by atoms with Gasteiger partial charge in [-0.3, -0.25) is 4.79 Å². The van der Waals surface area contributed by atoms with Gasteiger partial charge in [-0.1, -0.05) is 12.8 Å². The van der Waals surface area contributed by atoms with E-state index in [1.165, 1.54) is 32.1 Å². The van der Waals surface area contributed by atoms with E-state index < -0.39 is 0 Å². The summed E-state index contributed by atoms with van der Waals surface area (Å²) in [6.07, 6.45) is 8.00. The first kappa shape index (κ1) is 11.5. The smallest absolute Gasteiger partial charge is 0.223 e. The number of aliphatic hydroxyl groups excluding tert-OH is 1. The lowest BCUT2D eigenvalue weighted by molar-refractivity contribution is -0.131. The molecule has 0 spiro atoms. The Hall–Kier alpha value is -0.570. The van der Waals surface area contributed by atoms with Gasteiger partial charge in [0.25, 0.3) is 0 Å². The molecule has 3 rings (SSSR count). The van der Waals surface area contributed by atoms with Gasteiger partial charge < -0.3 is 10.4 Å². The third-order valence-corrected chi connectivity index (χ3v) is 5.25. The molecule has 3 aliphatic carbocycles. The molecule has 0 saturated heterocycles. The number of fused-ring (bicyclic) bond motifs is 1. The lowest BCUT2D eigenvalue weighted by atomic mass is 9.81. The van der Waals surface area contributed by atoms with Crippen LogP contribution in [-0.4, -0.2) is 23.7 Å². The van der Waals surface area contributed by atoms with Crippen LogP contribution >= 0.6 is 0 Å². The summed E-state index contributed by atoms with van der Waals surface area (Å²) in [5.41, 5.74) is 0. The van der Waals surface area contributed by atoms with Crippen LogP contribution in [0.25, 0.3) is 0 Å². The Balaban J connectivity index is 1.43. The Bertz CT molecular complexity index is 299. The van der Waals surface area contributed by atoms with Gasteiger partial charge in [0.15, 0.2) is 0 Å². The van der Waals surface area contributed by atoms with Crippen LogP contribution in [0.15, 0.2) is 0 Å². The highest BCUT2D eigenvalue weighted by Gasteiger charge is 2.39. The first-order valence-corrected chi connectivity index (χ1v) is 7.20. The topological polar surface area (TPSA) is 49.3 Å². The van der Waals surface area contributed by atoms with Gasteiger partial charge in [-0.25, -0.2) is 0 Å². The molecule has 0 unspecified atom stereocenters. The van der Waals surface area contributed by atoms with Gasteiger partial charge >= 0.3 is 0 Å². The normalized spacial score (nSPS) is 44.2. The van der Waals surface area contributed by atoms with Crippen LogP contribution in [0.4, 0.5) is 0 Å². The minimum absolute atomic E-state index is 0.0887. The van der Waals surface area contributed by atoms with Gasteiger partial charge in [-0.2, -0.15) is 0 Å². The fourth-order valence-corrected chi connectivity index (χ4v) is 4.12. The molecule has 0 heterocycles. The van der Waals surface area contributed by atoms with Gasteiger partial charge in [-0.05, 0) is 49.9 Å². The van der Waals surface area contributed by atoms with E-state index in [0.29, 0.717) is 12.8 Å². The van der Waals surface area contributed by atoms with Crippen molar-refractivity contribution in [3.8, 4) is 0 Å². The summed E-state index contributed by atoms with van der Waals surface area (Å²) in [6, 6.07) is 0. The minimum Gasteiger partial charge on any atom is -0.393 e. The number of nitrogens with one attached hydrogen (secondary N) is 1. The highest BCUT2D eigenvalue weighted by atomic mass is 16.3. The molecule has 3 fully saturated rings. The average Bonchev–Trinajstić information content (AvgIpc) is 2.84. The van der Waals surface area contributed by atoms with E-state index in [-0.39, 0.29) is 17.9 Å². The van der Waals surface area contributed by atoms with Crippen molar-refractivity contribution in [3.05, 3.63) is 0 Å². The Morgan fingerprint density at radius 2 is 2.00 bits per heavy atom. The van der Waals surface area contributed by atoms with E-state index in [1.54, 1.807) is 0 Å². The zero-order chi connectivity index (χ0) is 11.8. The molecule has 0 radical (unpaired) electrons. The Morgan fingerprint density at radius 3 is 2.76 bits per heavy atom. The average molecular weight is 237 g/mol. The molecule has 17 heavy (non-hydrogen) atoms. The van der Waals surface area contributed by atoms with Crippen molar-refractivity contribution in [3.63, 3.8) is 0 Å². The lowest BCUT2D eigenvalue weighted by Crippen LogP contribution is -2.42. The van der Waals surface area contributed by atoms with Crippen molar-refractivity contribution >= 4 is 5.91 Å². The third-order valence-electron chi connectivity index (χ3n) is 5.25. The summed E-state index contributed by atoms with van der Waals surface area (Å²) in [4.78, 5) is 11.8. The molecular formula is C14H23NO2. The van der Waals surface area contributed by atoms with Crippen LogP contribution in [0.3, 0.4) is 0 Å². The van der Waals surface area contributed by atoms with Crippen molar-refractivity contribution in [1.29, 1.82) is 0 Å². The van der Waals surface area contributed by atoms with E-state index in [0.717, 1.165) is 24.3 Å². The molecule has 0 aromatic rings. The quantitative estimate of drug-likeness (QED) is 0.785. The van der Waals surface area contributed by atoms with Gasteiger partial charge in [0.05, 0.1) is 6.10 Å². The molecule has 3 aliphatic rings. The predicted molar refractivity (Wildman–Crippen MR) is 65.3 cm³/mol. The van der Waals surface area contributed by atoms with E-state index in [2.05, 4.69) is 5.32 Å². The van der Waals surface area contributed by atoms with E-state index in [9.17, 15) is 9.90 Å². The maximum Gasteiger partial charge on any atom is 0.223 e. The maximum atomic E-state index is 11.8. The van der Waals surface area contributed by atoms with Crippen molar-refractivity contribution < 1.29 is 9.90 Å². The highest BCUT2D eigenvalue weighted by molar-refractivity contribution is 5.79. The first-order chi connectivity index (χ1) is 8.24. The highest BCUT2D eigenvalue weighted by Crippen LogP contribution is 2.47. The Labute approximate surface area is 103 Å². The lowest BCUT2D eigenvalue weighted by Gasteiger charge is -2.30. The fourth-order valence-electron chi connectivity index (χ4n) is 4.12. The van der Waals surface area contributed by atoms with Gasteiger partial charge in [0.1, 0.15) is 0 Å². The third kappa shape index (κ3) is 2.22. The van der Waals surface area contributed by atoms with Gasteiger partial charge in [0, 0.05) is 12.5 Å². The molecule has 3 atom stereocenters. The largest absolute Gasteiger partial charge is 0.393 e. The summed E-state index contributed by atoms with van der Waals surface area (Å²) in [6.45, 7) is 0.882. The SMILES string of the molecule is O=C(NC[C@H]1CC[C@@H]2CCC[C@@H]21)C1CC(O)C1. The summed E-state index contributed by atoms with van der Waals surface area (Å²) in [5.74, 6) is 2.85. The second-order valence-electron chi connectivity index (χ2n) is 6.26. The van der Waals surface area contributed by atoms with Crippen LogP contribution in [0.5, 0.6) is 0 Å². The van der Waals surface area contributed by atoms with E-state index in [4.69, 9.17) is 0 Å². The Kier molecular flexibility index (Phi) is 3.12. The van der Waals surface area contributed by atoms with Crippen LogP contribution in [0.2, 0.25) is 0 Å². The van der Waals surface area contributed by atoms with Gasteiger partial charge in [-0.15, -0.1) is 0 Å². The fraction of sp³-hybridized carbons (Fsp3) is 0.929. The molecule has 3 heteroatoms. The number of amides is 1. The molecule has 0 bridgehead atoms. The van der Waals surface area contributed by atoms with Crippen LogP contribution in [-0.2, 0) is 4.79 Å². The van der Waals surface area contributed by atoms with Crippen LogP contribution < -0.4 is 5.32 Å². The zero-order valence-corrected chi connectivity index (χ0v) is 10.4. The predicted octanol–water partition coefficient (Wildman–Crippen LogP) is 1.70. The molecular weight excluding hydrogens is 214 g/mol. The van der Waals surface area contributed by atoms with Crippen molar-refractivity contribution in [1.82, 2.24) is 5.32 Å². The summed E-state index contributed by atoms with van der Waals surface area (Å²) in [5, 5.41) is 12.3. The monoisotopic (exact) mass is 237 g/mol. The number of carbonyl (C=O) groups is 1. The van der Waals surface area contributed by atoms with Crippen LogP contribution in [0, 0.1) is 23.7 Å². The molecule has 0 aromatic heterocycles. The summed E-state index contributed by atoms with van der Waals surface area (Å²) in [7, 11) is 0. The minimum atomic E-state index is -0.226. The number of rotatable bonds is 3.